The summed E-state index contributed by atoms with van der Waals surface area (Å²) in [6, 6.07) is 20.8. The maximum Gasteiger partial charge on any atom is 0.338 e. The van der Waals surface area contributed by atoms with E-state index in [0.29, 0.717) is 35.6 Å². The van der Waals surface area contributed by atoms with Crippen molar-refractivity contribution in [1.29, 1.82) is 0 Å². The third-order valence-corrected chi connectivity index (χ3v) is 7.49. The Kier molecular flexibility index (Phi) is 5.30. The van der Waals surface area contributed by atoms with Crippen LogP contribution in [0.5, 0.6) is 0 Å². The molecule has 0 amide bonds. The van der Waals surface area contributed by atoms with Gasteiger partial charge in [0.2, 0.25) is 0 Å². The number of nitrogens with zero attached hydrogens (tertiary/aromatic N) is 3. The Morgan fingerprint density at radius 3 is 2.52 bits per heavy atom. The highest BCUT2D eigenvalue weighted by atomic mass is 32.2. The number of ether oxygens (including phenoxy) is 1. The number of esters is 1. The lowest BCUT2D eigenvalue weighted by Crippen LogP contribution is -2.29. The molecule has 0 radical (unpaired) electrons. The molecule has 1 aliphatic rings. The van der Waals surface area contributed by atoms with Crippen molar-refractivity contribution in [3.63, 3.8) is 0 Å². The minimum absolute atomic E-state index is 0.0512. The van der Waals surface area contributed by atoms with Crippen molar-refractivity contribution in [2.75, 3.05) is 10.8 Å². The third-order valence-electron chi connectivity index (χ3n) is 5.69. The van der Waals surface area contributed by atoms with Gasteiger partial charge in [0.15, 0.2) is 0 Å². The molecule has 4 aromatic rings. The van der Waals surface area contributed by atoms with E-state index in [4.69, 9.17) is 4.74 Å². The highest BCUT2D eigenvalue weighted by molar-refractivity contribution is 7.92. The first-order valence-electron chi connectivity index (χ1n) is 10.5. The lowest BCUT2D eigenvalue weighted by atomic mass is 10.2. The largest absolute Gasteiger partial charge is 0.456 e. The number of aryl methyl sites for hydroxylation is 1. The van der Waals surface area contributed by atoms with Crippen molar-refractivity contribution in [3.8, 4) is 0 Å². The second-order valence-corrected chi connectivity index (χ2v) is 9.67. The molecule has 0 aliphatic carbocycles. The van der Waals surface area contributed by atoms with Crippen LogP contribution in [0.2, 0.25) is 0 Å². The molecule has 33 heavy (non-hydrogen) atoms. The number of hydrogen-bond donors (Lipinski definition) is 0. The molecule has 166 valence electrons. The minimum atomic E-state index is -3.80. The number of anilines is 1. The molecule has 0 fully saturated rings. The molecule has 1 aromatic heterocycles. The molecule has 8 heteroatoms. The molecule has 0 saturated heterocycles. The van der Waals surface area contributed by atoms with Gasteiger partial charge in [-0.05, 0) is 55.3 Å². The van der Waals surface area contributed by atoms with E-state index in [2.05, 4.69) is 9.97 Å². The van der Waals surface area contributed by atoms with E-state index in [-0.39, 0.29) is 17.1 Å². The van der Waals surface area contributed by atoms with Gasteiger partial charge in [-0.15, -0.1) is 0 Å². The molecule has 0 bridgehead atoms. The van der Waals surface area contributed by atoms with Crippen LogP contribution in [0.3, 0.4) is 0 Å². The Labute approximate surface area is 191 Å². The van der Waals surface area contributed by atoms with Gasteiger partial charge >= 0.3 is 5.97 Å². The Balaban J connectivity index is 1.36. The molecule has 1 aliphatic heterocycles. The minimum Gasteiger partial charge on any atom is -0.456 e. The van der Waals surface area contributed by atoms with Crippen LogP contribution in [-0.2, 0) is 27.8 Å². The predicted octanol–water partition coefficient (Wildman–Crippen LogP) is 4.05. The molecular formula is C25H21N3O4S. The quantitative estimate of drug-likeness (QED) is 0.419. The van der Waals surface area contributed by atoms with Crippen molar-refractivity contribution < 1.29 is 17.9 Å². The Morgan fingerprint density at radius 2 is 1.70 bits per heavy atom. The number of fused-ring (bicyclic) bond motifs is 2. The average molecular weight is 460 g/mol. The third kappa shape index (κ3) is 3.93. The van der Waals surface area contributed by atoms with Gasteiger partial charge in [-0.3, -0.25) is 4.31 Å². The molecule has 7 nitrogen and oxygen atoms in total. The predicted molar refractivity (Wildman–Crippen MR) is 125 cm³/mol. The topological polar surface area (TPSA) is 89.5 Å². The summed E-state index contributed by atoms with van der Waals surface area (Å²) in [5.41, 5.74) is 4.54. The molecule has 0 saturated carbocycles. The second kappa shape index (κ2) is 8.29. The van der Waals surface area contributed by atoms with Crippen LogP contribution in [0.15, 0.2) is 77.7 Å². The van der Waals surface area contributed by atoms with Crippen LogP contribution in [0.25, 0.3) is 11.0 Å². The zero-order chi connectivity index (χ0) is 23.0. The summed E-state index contributed by atoms with van der Waals surface area (Å²) in [6.45, 7) is 2.12. The van der Waals surface area contributed by atoms with Crippen molar-refractivity contribution in [1.82, 2.24) is 9.97 Å². The van der Waals surface area contributed by atoms with Crippen LogP contribution in [0.1, 0.15) is 27.3 Å². The zero-order valence-electron chi connectivity index (χ0n) is 17.9. The van der Waals surface area contributed by atoms with Crippen molar-refractivity contribution >= 4 is 32.7 Å². The molecule has 0 atom stereocenters. The lowest BCUT2D eigenvalue weighted by Gasteiger charge is -2.19. The summed E-state index contributed by atoms with van der Waals surface area (Å²) in [4.78, 5) is 21.8. The first-order chi connectivity index (χ1) is 15.9. The van der Waals surface area contributed by atoms with Gasteiger partial charge in [0.1, 0.15) is 6.61 Å². The van der Waals surface area contributed by atoms with Gasteiger partial charge in [-0.25, -0.2) is 23.2 Å². The maximum atomic E-state index is 13.3. The number of para-hydroxylation sites is 3. The van der Waals surface area contributed by atoms with Crippen LogP contribution >= 0.6 is 0 Å². The lowest BCUT2D eigenvalue weighted by molar-refractivity contribution is 0.0466. The second-order valence-electron chi connectivity index (χ2n) is 7.80. The molecule has 3 aromatic carbocycles. The summed E-state index contributed by atoms with van der Waals surface area (Å²) >= 11 is 0. The van der Waals surface area contributed by atoms with Crippen LogP contribution in [-0.4, -0.2) is 30.9 Å². The van der Waals surface area contributed by atoms with E-state index in [1.54, 1.807) is 12.1 Å². The van der Waals surface area contributed by atoms with Crippen LogP contribution in [0.4, 0.5) is 5.69 Å². The number of benzene rings is 3. The van der Waals surface area contributed by atoms with Gasteiger partial charge in [-0.1, -0.05) is 36.4 Å². The summed E-state index contributed by atoms with van der Waals surface area (Å²) in [5, 5.41) is 0. The summed E-state index contributed by atoms with van der Waals surface area (Å²) < 4.78 is 33.4. The SMILES string of the molecule is Cc1nc2ccccc2nc1COC(=O)c1cccc(S(=O)(=O)N2CCc3ccccc32)c1. The van der Waals surface area contributed by atoms with E-state index in [1.165, 1.54) is 22.5 Å². The highest BCUT2D eigenvalue weighted by Gasteiger charge is 2.31. The first-order valence-corrected chi connectivity index (χ1v) is 12.0. The Hall–Kier alpha value is -3.78. The van der Waals surface area contributed by atoms with Gasteiger partial charge in [0.05, 0.1) is 38.6 Å². The molecule has 0 N–H and O–H groups in total. The van der Waals surface area contributed by atoms with Crippen molar-refractivity contribution in [2.24, 2.45) is 0 Å². The van der Waals surface area contributed by atoms with Gasteiger partial charge < -0.3 is 4.74 Å². The highest BCUT2D eigenvalue weighted by Crippen LogP contribution is 2.32. The van der Waals surface area contributed by atoms with E-state index < -0.39 is 16.0 Å². The smallest absolute Gasteiger partial charge is 0.338 e. The number of carbonyl (C=O) groups excluding carboxylic acids is 1. The Bertz CT molecular complexity index is 1480. The molecular weight excluding hydrogens is 438 g/mol. The number of sulfonamides is 1. The van der Waals surface area contributed by atoms with Crippen LogP contribution in [0, 0.1) is 6.92 Å². The standard InChI is InChI=1S/C25H21N3O4S/c1-17-23(27-22-11-4-3-10-21(22)26-17)16-32-25(29)19-8-6-9-20(15-19)33(30,31)28-14-13-18-7-2-5-12-24(18)28/h2-12,15H,13-14,16H2,1H3. The zero-order valence-corrected chi connectivity index (χ0v) is 18.7. The van der Waals surface area contributed by atoms with E-state index in [9.17, 15) is 13.2 Å². The normalized spacial score (nSPS) is 13.2. The average Bonchev–Trinajstić information content (AvgIpc) is 3.28. The van der Waals surface area contributed by atoms with Crippen LogP contribution < -0.4 is 4.31 Å². The van der Waals surface area contributed by atoms with E-state index >= 15 is 0 Å². The van der Waals surface area contributed by atoms with E-state index in [0.717, 1.165) is 11.1 Å². The van der Waals surface area contributed by atoms with Gasteiger partial charge in [0, 0.05) is 6.54 Å². The van der Waals surface area contributed by atoms with Gasteiger partial charge in [0.25, 0.3) is 10.0 Å². The number of hydrogen-bond acceptors (Lipinski definition) is 6. The van der Waals surface area contributed by atoms with Crippen molar-refractivity contribution in [3.05, 3.63) is 95.3 Å². The fourth-order valence-corrected chi connectivity index (χ4v) is 5.50. The molecule has 2 heterocycles. The van der Waals surface area contributed by atoms with Crippen molar-refractivity contribution in [2.45, 2.75) is 24.8 Å². The van der Waals surface area contributed by atoms with Gasteiger partial charge in [-0.2, -0.15) is 0 Å². The number of rotatable bonds is 5. The maximum absolute atomic E-state index is 13.3. The molecule has 5 rings (SSSR count). The fraction of sp³-hybridized carbons (Fsp3) is 0.160. The summed E-state index contributed by atoms with van der Waals surface area (Å²) in [6.07, 6.45) is 0.656. The summed E-state index contributed by atoms with van der Waals surface area (Å²) in [5.74, 6) is -0.622. The van der Waals surface area contributed by atoms with E-state index in [1.807, 2.05) is 49.4 Å². The molecule has 0 unspecified atom stereocenters. The molecule has 0 spiro atoms. The number of aromatic nitrogens is 2. The Morgan fingerprint density at radius 1 is 0.970 bits per heavy atom. The first kappa shape index (κ1) is 21.1. The fourth-order valence-electron chi connectivity index (χ4n) is 3.95. The summed E-state index contributed by atoms with van der Waals surface area (Å²) in [7, 11) is -3.80. The number of carbonyl (C=O) groups is 1. The monoisotopic (exact) mass is 459 g/mol.